The van der Waals surface area contributed by atoms with Crippen LogP contribution in [0.3, 0.4) is 0 Å². The third-order valence-electron chi connectivity index (χ3n) is 11.2. The van der Waals surface area contributed by atoms with Crippen LogP contribution in [0.5, 0.6) is 0 Å². The molecule has 0 spiro atoms. The van der Waals surface area contributed by atoms with Gasteiger partial charge >= 0.3 is 0 Å². The highest BCUT2D eigenvalue weighted by Crippen LogP contribution is 2.32. The number of hydrogen-bond donors (Lipinski definition) is 10. The highest BCUT2D eigenvalue weighted by molar-refractivity contribution is 7.98. The maximum Gasteiger partial charge on any atom is 0.248 e. The van der Waals surface area contributed by atoms with Crippen LogP contribution >= 0.6 is 11.8 Å². The van der Waals surface area contributed by atoms with Crippen LogP contribution in [-0.4, -0.2) is 125 Å². The van der Waals surface area contributed by atoms with Crippen molar-refractivity contribution in [1.82, 2.24) is 36.8 Å². The molecule has 1 aliphatic heterocycles. The molecule has 0 radical (unpaired) electrons. The van der Waals surface area contributed by atoms with E-state index in [0.717, 1.165) is 37.7 Å². The number of benzene rings is 1. The van der Waals surface area contributed by atoms with Gasteiger partial charge in [0.15, 0.2) is 5.96 Å². The lowest BCUT2D eigenvalue weighted by Crippen LogP contribution is -2.59. The fourth-order valence-corrected chi connectivity index (χ4v) is 8.50. The van der Waals surface area contributed by atoms with Crippen LogP contribution in [0.2, 0.25) is 0 Å². The Bertz CT molecular complexity index is 1740. The first-order valence-corrected chi connectivity index (χ1v) is 23.4. The first kappa shape index (κ1) is 52.4. The standard InChI is InChI=1S/C43H71N11O8S/c1-25(2)22-35(44)53-40(60)34(24-55)52-37(57)26(3)48-38(58)31(18-21-63-5)50-41(61)36-30-15-10-9-14-29(30)17-20-54(36)42(62)32(16-11-19-47-43(45)46)51-39(59)33(49-27(4)56)23-28-12-7-6-8-13-28/h9-10,14-15,25-26,28,31-36,55H,6-8,11-13,16-24,44H2,1-5H3,(H,48,58)(H,49,56)(H,50,61)(H,51,59)(H,52,57)(H,53,60)(H4,45,46,47)/t26-,31-,32-,33-,34-,35-,36-/m0/s1. The van der Waals surface area contributed by atoms with E-state index in [4.69, 9.17) is 17.2 Å². The molecule has 13 N–H and O–H groups in total. The molecule has 20 heteroatoms. The van der Waals surface area contributed by atoms with E-state index in [0.29, 0.717) is 37.0 Å². The van der Waals surface area contributed by atoms with E-state index < -0.39 is 84.5 Å². The number of nitrogens with two attached hydrogens (primary N) is 3. The fourth-order valence-electron chi connectivity index (χ4n) is 8.03. The van der Waals surface area contributed by atoms with E-state index in [1.807, 2.05) is 32.2 Å². The van der Waals surface area contributed by atoms with E-state index in [-0.39, 0.29) is 49.6 Å². The second kappa shape index (κ2) is 26.6. The zero-order valence-corrected chi connectivity index (χ0v) is 38.3. The molecule has 1 aromatic rings. The molecule has 0 bridgehead atoms. The third kappa shape index (κ3) is 17.3. The molecular weight excluding hydrogens is 831 g/mol. The van der Waals surface area contributed by atoms with Gasteiger partial charge < -0.3 is 59.1 Å². The summed E-state index contributed by atoms with van der Waals surface area (Å²) in [6, 6.07) is 0.328. The molecule has 1 saturated carbocycles. The Morgan fingerprint density at radius 3 is 2.11 bits per heavy atom. The van der Waals surface area contributed by atoms with Gasteiger partial charge in [0.25, 0.3) is 0 Å². The molecule has 7 amide bonds. The summed E-state index contributed by atoms with van der Waals surface area (Å²) in [4.78, 5) is 101. The van der Waals surface area contributed by atoms with Gasteiger partial charge in [0.05, 0.1) is 12.8 Å². The molecule has 0 saturated heterocycles. The molecule has 19 nitrogen and oxygen atoms in total. The maximum absolute atomic E-state index is 14.8. The Morgan fingerprint density at radius 2 is 1.48 bits per heavy atom. The first-order valence-electron chi connectivity index (χ1n) is 22.0. The van der Waals surface area contributed by atoms with Gasteiger partial charge in [-0.2, -0.15) is 11.8 Å². The van der Waals surface area contributed by atoms with Crippen molar-refractivity contribution in [2.75, 3.05) is 31.7 Å². The molecule has 1 heterocycles. The Hall–Kier alpha value is -4.95. The minimum atomic E-state index is -1.33. The smallest absolute Gasteiger partial charge is 0.248 e. The average molecular weight is 902 g/mol. The van der Waals surface area contributed by atoms with E-state index in [1.165, 1.54) is 30.5 Å². The van der Waals surface area contributed by atoms with E-state index >= 15 is 0 Å². The summed E-state index contributed by atoms with van der Waals surface area (Å²) in [6.07, 6.45) is 8.13. The molecule has 0 unspecified atom stereocenters. The van der Waals surface area contributed by atoms with Crippen LogP contribution < -0.4 is 49.1 Å². The summed E-state index contributed by atoms with van der Waals surface area (Å²) in [5.74, 6) is -3.44. The molecule has 0 aromatic heterocycles. The zero-order chi connectivity index (χ0) is 46.6. The molecular formula is C43H71N11O8S. The number of guanidine groups is 1. The number of fused-ring (bicyclic) bond motifs is 1. The van der Waals surface area contributed by atoms with Crippen LogP contribution in [0.15, 0.2) is 29.3 Å². The highest BCUT2D eigenvalue weighted by atomic mass is 32.2. The SMILES string of the molecule is CSCC[C@H](NC(=O)[C@@H]1c2ccccc2CCN1C(=O)[C@H](CCCN=C(N)N)NC(=O)[C@H](CC1CCCCC1)NC(C)=O)C(=O)N[C@@H](C)C(=O)N[C@@H](CO)C(=O)N[C@H](N)CC(C)C. The number of aliphatic imine (C=N–C) groups is 1. The summed E-state index contributed by atoms with van der Waals surface area (Å²) >= 11 is 1.44. The Kier molecular flexibility index (Phi) is 22.1. The largest absolute Gasteiger partial charge is 0.394 e. The van der Waals surface area contributed by atoms with Crippen LogP contribution in [0.4, 0.5) is 0 Å². The minimum Gasteiger partial charge on any atom is -0.394 e. The van der Waals surface area contributed by atoms with Crippen molar-refractivity contribution in [1.29, 1.82) is 0 Å². The van der Waals surface area contributed by atoms with Crippen molar-refractivity contribution < 1.29 is 38.7 Å². The zero-order valence-electron chi connectivity index (χ0n) is 37.5. The Balaban J connectivity index is 1.87. The summed E-state index contributed by atoms with van der Waals surface area (Å²) in [5.41, 5.74) is 18.5. The lowest BCUT2D eigenvalue weighted by atomic mass is 9.84. The fraction of sp³-hybridized carbons (Fsp3) is 0.674. The number of aliphatic hydroxyl groups excluding tert-OH is 1. The second-order valence-corrected chi connectivity index (χ2v) is 17.9. The molecule has 1 fully saturated rings. The van der Waals surface area contributed by atoms with Crippen molar-refractivity contribution in [3.05, 3.63) is 35.4 Å². The maximum atomic E-state index is 14.8. The van der Waals surface area contributed by atoms with Crippen molar-refractivity contribution in [3.63, 3.8) is 0 Å². The van der Waals surface area contributed by atoms with Gasteiger partial charge in [0, 0.05) is 20.0 Å². The summed E-state index contributed by atoms with van der Waals surface area (Å²) in [6.45, 7) is 6.19. The molecule has 1 aliphatic carbocycles. The number of carbonyl (C=O) groups excluding carboxylic acids is 7. The van der Waals surface area contributed by atoms with E-state index in [1.54, 1.807) is 12.1 Å². The van der Waals surface area contributed by atoms with Gasteiger partial charge in [-0.05, 0) is 80.4 Å². The normalized spacial score (nSPS) is 18.0. The molecule has 1 aromatic carbocycles. The monoisotopic (exact) mass is 902 g/mol. The molecule has 3 rings (SSSR count). The molecule has 2 aliphatic rings. The molecule has 7 atom stereocenters. The number of thioether (sulfide) groups is 1. The number of rotatable bonds is 24. The van der Waals surface area contributed by atoms with E-state index in [9.17, 15) is 38.7 Å². The number of aliphatic hydroxyl groups is 1. The predicted molar refractivity (Wildman–Crippen MR) is 242 cm³/mol. The number of amides is 7. The third-order valence-corrected chi connectivity index (χ3v) is 11.9. The number of hydrogen-bond acceptors (Lipinski definition) is 11. The highest BCUT2D eigenvalue weighted by Gasteiger charge is 2.41. The summed E-state index contributed by atoms with van der Waals surface area (Å²) in [5, 5.41) is 26.0. The lowest BCUT2D eigenvalue weighted by Gasteiger charge is -2.39. The quantitative estimate of drug-likeness (QED) is 0.0279. The molecule has 352 valence electrons. The van der Waals surface area contributed by atoms with E-state index in [2.05, 4.69) is 36.9 Å². The van der Waals surface area contributed by atoms with Crippen molar-refractivity contribution >= 4 is 59.1 Å². The van der Waals surface area contributed by atoms with Crippen molar-refractivity contribution in [2.24, 2.45) is 34.0 Å². The van der Waals surface area contributed by atoms with Gasteiger partial charge in [-0.15, -0.1) is 0 Å². The minimum absolute atomic E-state index is 0.117. The second-order valence-electron chi connectivity index (χ2n) is 16.9. The lowest BCUT2D eigenvalue weighted by molar-refractivity contribution is -0.145. The summed E-state index contributed by atoms with van der Waals surface area (Å²) in [7, 11) is 0. The Morgan fingerprint density at radius 1 is 0.825 bits per heavy atom. The molecule has 63 heavy (non-hydrogen) atoms. The number of nitrogens with one attached hydrogen (secondary N) is 6. The van der Waals surface area contributed by atoms with Crippen molar-refractivity contribution in [3.8, 4) is 0 Å². The number of carbonyl (C=O) groups is 7. The topological polar surface area (TPSA) is 306 Å². The van der Waals surface area contributed by atoms with Crippen LogP contribution in [0, 0.1) is 11.8 Å². The van der Waals surface area contributed by atoms with Gasteiger partial charge in [-0.1, -0.05) is 70.2 Å². The van der Waals surface area contributed by atoms with Crippen LogP contribution in [0.1, 0.15) is 109 Å². The first-order chi connectivity index (χ1) is 29.9. The Labute approximate surface area is 375 Å². The van der Waals surface area contributed by atoms with Crippen LogP contribution in [-0.2, 0) is 40.0 Å². The van der Waals surface area contributed by atoms with Crippen LogP contribution in [0.25, 0.3) is 0 Å². The predicted octanol–water partition coefficient (Wildman–Crippen LogP) is -0.207. The van der Waals surface area contributed by atoms with Gasteiger partial charge in [0.1, 0.15) is 36.3 Å². The van der Waals surface area contributed by atoms with Gasteiger partial charge in [0.2, 0.25) is 41.4 Å². The van der Waals surface area contributed by atoms with Crippen molar-refractivity contribution in [2.45, 2.75) is 141 Å². The average Bonchev–Trinajstić information content (AvgIpc) is 3.23. The summed E-state index contributed by atoms with van der Waals surface area (Å²) < 4.78 is 0. The van der Waals surface area contributed by atoms with Gasteiger partial charge in [-0.3, -0.25) is 38.6 Å². The van der Waals surface area contributed by atoms with Gasteiger partial charge in [-0.25, -0.2) is 0 Å². The number of nitrogens with zero attached hydrogens (tertiary/aromatic N) is 2.